The van der Waals surface area contributed by atoms with Crippen LogP contribution in [0.1, 0.15) is 30.9 Å². The Morgan fingerprint density at radius 1 is 1.28 bits per heavy atom. The molecule has 170 valence electrons. The first-order valence-electron chi connectivity index (χ1n) is 9.85. The van der Waals surface area contributed by atoms with Crippen molar-refractivity contribution < 1.29 is 22.7 Å². The lowest BCUT2D eigenvalue weighted by molar-refractivity contribution is 0.0370. The van der Waals surface area contributed by atoms with Crippen molar-refractivity contribution >= 4 is 27.4 Å². The van der Waals surface area contributed by atoms with Crippen molar-refractivity contribution in [2.45, 2.75) is 42.3 Å². The standard InChI is InChI=1S/C20H21ClFN5O4S/c1-27-16(4-7-25-27)13-3-2-12(28)8-17(13)31-18-10-15(22)19(9-14(18)21)32(29,30)26-20-5-6-23-11-24-20/h4-7,9-13,17,28H,2-3,8H2,1H3,(H,23,24,26)/t12-,13+,17-/m0/s1. The summed E-state index contributed by atoms with van der Waals surface area (Å²) < 4.78 is 50.0. The minimum absolute atomic E-state index is 0.00331. The summed E-state index contributed by atoms with van der Waals surface area (Å²) in [5.74, 6) is -1.13. The molecule has 3 aromatic rings. The van der Waals surface area contributed by atoms with Gasteiger partial charge in [0.1, 0.15) is 34.7 Å². The van der Waals surface area contributed by atoms with E-state index >= 15 is 0 Å². The van der Waals surface area contributed by atoms with Crippen LogP contribution in [0.2, 0.25) is 5.02 Å². The smallest absolute Gasteiger partial charge is 0.266 e. The van der Waals surface area contributed by atoms with Gasteiger partial charge in [0, 0.05) is 43.5 Å². The summed E-state index contributed by atoms with van der Waals surface area (Å²) in [6.07, 6.45) is 4.71. The number of ether oxygens (including phenoxy) is 1. The van der Waals surface area contributed by atoms with Crippen LogP contribution in [0, 0.1) is 5.82 Å². The topological polar surface area (TPSA) is 119 Å². The zero-order chi connectivity index (χ0) is 22.9. The number of halogens is 2. The molecule has 3 atom stereocenters. The molecule has 0 spiro atoms. The summed E-state index contributed by atoms with van der Waals surface area (Å²) in [4.78, 5) is 6.83. The zero-order valence-corrected chi connectivity index (χ0v) is 18.6. The van der Waals surface area contributed by atoms with Crippen LogP contribution in [0.4, 0.5) is 10.2 Å². The van der Waals surface area contributed by atoms with Gasteiger partial charge in [-0.3, -0.25) is 9.40 Å². The Bertz CT molecular complexity index is 1210. The molecule has 0 amide bonds. The van der Waals surface area contributed by atoms with E-state index in [1.54, 1.807) is 10.9 Å². The number of aliphatic hydroxyl groups is 1. The molecule has 0 radical (unpaired) electrons. The fourth-order valence-electron chi connectivity index (χ4n) is 3.84. The van der Waals surface area contributed by atoms with E-state index in [0.717, 1.165) is 24.2 Å². The Morgan fingerprint density at radius 3 is 2.78 bits per heavy atom. The van der Waals surface area contributed by atoms with Gasteiger partial charge in [0.2, 0.25) is 0 Å². The Hall–Kier alpha value is -2.76. The molecule has 4 rings (SSSR count). The Balaban J connectivity index is 1.60. The number of nitrogens with one attached hydrogen (secondary N) is 1. The molecule has 0 aliphatic heterocycles. The zero-order valence-electron chi connectivity index (χ0n) is 17.0. The molecule has 1 fully saturated rings. The van der Waals surface area contributed by atoms with E-state index in [1.807, 2.05) is 13.1 Å². The van der Waals surface area contributed by atoms with Gasteiger partial charge in [-0.1, -0.05) is 11.6 Å². The van der Waals surface area contributed by atoms with Gasteiger partial charge in [-0.2, -0.15) is 5.10 Å². The number of anilines is 1. The number of hydrogen-bond donors (Lipinski definition) is 2. The molecule has 12 heteroatoms. The van der Waals surface area contributed by atoms with Crippen molar-refractivity contribution in [1.29, 1.82) is 0 Å². The highest BCUT2D eigenvalue weighted by atomic mass is 35.5. The van der Waals surface area contributed by atoms with Gasteiger partial charge in [-0.25, -0.2) is 22.8 Å². The van der Waals surface area contributed by atoms with Crippen LogP contribution in [0.5, 0.6) is 5.75 Å². The number of sulfonamides is 1. The molecule has 9 nitrogen and oxygen atoms in total. The summed E-state index contributed by atoms with van der Waals surface area (Å²) >= 11 is 6.28. The molecule has 0 unspecified atom stereocenters. The third kappa shape index (κ3) is 4.69. The van der Waals surface area contributed by atoms with Crippen molar-refractivity contribution in [1.82, 2.24) is 19.7 Å². The third-order valence-corrected chi connectivity index (χ3v) is 7.04. The lowest BCUT2D eigenvalue weighted by Gasteiger charge is -2.34. The second-order valence-corrected chi connectivity index (χ2v) is 9.58. The van der Waals surface area contributed by atoms with E-state index in [1.165, 1.54) is 12.3 Å². The summed E-state index contributed by atoms with van der Waals surface area (Å²) in [6, 6.07) is 5.14. The number of aliphatic hydroxyl groups excluding tert-OH is 1. The first-order valence-corrected chi connectivity index (χ1v) is 11.7. The average molecular weight is 482 g/mol. The summed E-state index contributed by atoms with van der Waals surface area (Å²) in [5, 5.41) is 14.3. The molecular weight excluding hydrogens is 461 g/mol. The van der Waals surface area contributed by atoms with E-state index in [9.17, 15) is 17.9 Å². The Morgan fingerprint density at radius 2 is 2.09 bits per heavy atom. The van der Waals surface area contributed by atoms with Crippen LogP contribution >= 0.6 is 11.6 Å². The van der Waals surface area contributed by atoms with Gasteiger partial charge in [0.15, 0.2) is 0 Å². The van der Waals surface area contributed by atoms with Crippen molar-refractivity contribution in [3.8, 4) is 5.75 Å². The molecule has 1 saturated carbocycles. The average Bonchev–Trinajstić information content (AvgIpc) is 3.16. The molecule has 1 aromatic carbocycles. The second kappa shape index (κ2) is 9.00. The molecule has 0 bridgehead atoms. The quantitative estimate of drug-likeness (QED) is 0.555. The monoisotopic (exact) mass is 481 g/mol. The number of hydrogen-bond acceptors (Lipinski definition) is 7. The maximum Gasteiger partial charge on any atom is 0.266 e. The Labute approximate surface area is 189 Å². The molecule has 32 heavy (non-hydrogen) atoms. The number of aryl methyl sites for hydroxylation is 1. The van der Waals surface area contributed by atoms with Crippen LogP contribution in [-0.4, -0.2) is 45.5 Å². The fraction of sp³-hybridized carbons (Fsp3) is 0.350. The van der Waals surface area contributed by atoms with E-state index in [4.69, 9.17) is 16.3 Å². The Kier molecular flexibility index (Phi) is 6.31. The van der Waals surface area contributed by atoms with Gasteiger partial charge in [0.05, 0.1) is 11.1 Å². The molecule has 2 N–H and O–H groups in total. The highest BCUT2D eigenvalue weighted by molar-refractivity contribution is 7.92. The predicted octanol–water partition coefficient (Wildman–Crippen LogP) is 2.88. The largest absolute Gasteiger partial charge is 0.488 e. The van der Waals surface area contributed by atoms with Crippen molar-refractivity contribution in [3.05, 3.63) is 59.5 Å². The number of aromatic nitrogens is 4. The van der Waals surface area contributed by atoms with Gasteiger partial charge in [0.25, 0.3) is 10.0 Å². The van der Waals surface area contributed by atoms with Crippen LogP contribution in [0.25, 0.3) is 0 Å². The van der Waals surface area contributed by atoms with Gasteiger partial charge in [-0.05, 0) is 31.0 Å². The van der Waals surface area contributed by atoms with Crippen molar-refractivity contribution in [2.75, 3.05) is 4.72 Å². The van der Waals surface area contributed by atoms with Gasteiger partial charge >= 0.3 is 0 Å². The van der Waals surface area contributed by atoms with E-state index < -0.39 is 32.9 Å². The van der Waals surface area contributed by atoms with Crippen LogP contribution in [0.15, 0.2) is 47.9 Å². The molecule has 2 aromatic heterocycles. The normalized spacial score (nSPS) is 21.3. The highest BCUT2D eigenvalue weighted by Crippen LogP contribution is 2.38. The number of nitrogens with zero attached hydrogens (tertiary/aromatic N) is 4. The lowest BCUT2D eigenvalue weighted by Crippen LogP contribution is -2.36. The van der Waals surface area contributed by atoms with E-state index in [-0.39, 0.29) is 22.5 Å². The van der Waals surface area contributed by atoms with Gasteiger partial charge < -0.3 is 9.84 Å². The van der Waals surface area contributed by atoms with Crippen molar-refractivity contribution in [2.24, 2.45) is 7.05 Å². The van der Waals surface area contributed by atoms with Crippen LogP contribution in [-0.2, 0) is 17.1 Å². The summed E-state index contributed by atoms with van der Waals surface area (Å²) in [6.45, 7) is 0. The minimum Gasteiger partial charge on any atom is -0.488 e. The molecule has 1 aliphatic carbocycles. The maximum absolute atomic E-state index is 14.8. The SMILES string of the molecule is Cn1nccc1[C@H]1CC[C@H](O)C[C@@H]1Oc1cc(F)c(S(=O)(=O)Nc2ccncn2)cc1Cl. The molecular formula is C20H21ClFN5O4S. The first-order chi connectivity index (χ1) is 15.2. The first kappa shape index (κ1) is 22.4. The minimum atomic E-state index is -4.28. The summed E-state index contributed by atoms with van der Waals surface area (Å²) in [7, 11) is -2.47. The lowest BCUT2D eigenvalue weighted by atomic mass is 9.82. The van der Waals surface area contributed by atoms with E-state index in [0.29, 0.717) is 19.3 Å². The predicted molar refractivity (Wildman–Crippen MR) is 114 cm³/mol. The number of rotatable bonds is 6. The van der Waals surface area contributed by atoms with Crippen molar-refractivity contribution in [3.63, 3.8) is 0 Å². The molecule has 2 heterocycles. The fourth-order valence-corrected chi connectivity index (χ4v) is 5.21. The highest BCUT2D eigenvalue weighted by Gasteiger charge is 2.35. The van der Waals surface area contributed by atoms with E-state index in [2.05, 4.69) is 19.8 Å². The summed E-state index contributed by atoms with van der Waals surface area (Å²) in [5.41, 5.74) is 0.923. The van der Waals surface area contributed by atoms with Gasteiger partial charge in [-0.15, -0.1) is 0 Å². The second-order valence-electron chi connectivity index (χ2n) is 7.52. The van der Waals surface area contributed by atoms with Crippen LogP contribution < -0.4 is 9.46 Å². The molecule has 0 saturated heterocycles. The maximum atomic E-state index is 14.8. The third-order valence-electron chi connectivity index (χ3n) is 5.38. The van der Waals surface area contributed by atoms with Crippen LogP contribution in [0.3, 0.4) is 0 Å². The molecule has 1 aliphatic rings. The number of benzene rings is 1.